The van der Waals surface area contributed by atoms with Gasteiger partial charge in [-0.05, 0) is 166 Å². The van der Waals surface area contributed by atoms with Crippen molar-refractivity contribution in [3.8, 4) is 46.0 Å². The predicted molar refractivity (Wildman–Crippen MR) is 351 cm³/mol. The fraction of sp³-hybridized carbons (Fsp3) is 0.413. The molecule has 0 spiro atoms. The first-order valence-electron chi connectivity index (χ1n) is 30.9. The molecule has 6 aromatic rings. The van der Waals surface area contributed by atoms with Crippen LogP contribution >= 0.6 is 0 Å². The Morgan fingerprint density at radius 2 is 0.602 bits per heavy atom. The van der Waals surface area contributed by atoms with Crippen molar-refractivity contribution in [2.75, 3.05) is 46.2 Å². The second-order valence-corrected chi connectivity index (χ2v) is 22.6. The summed E-state index contributed by atoms with van der Waals surface area (Å²) >= 11 is 0. The summed E-state index contributed by atoms with van der Waals surface area (Å²) in [6.07, 6.45) is 26.3. The third kappa shape index (κ3) is 23.5. The van der Waals surface area contributed by atoms with Gasteiger partial charge in [-0.1, -0.05) is 177 Å². The Morgan fingerprint density at radius 1 is 0.313 bits per heavy atom. The van der Waals surface area contributed by atoms with Gasteiger partial charge in [0.15, 0.2) is 0 Å². The standard InChI is InChI=1S/C75H96O8/c1-12-76-72-52-66(73(77-13-2)50-64(72)34-22-60-26-38-68(39-27-60)80-48-46-57(9)20-16-18-55(5)6)36-24-62-30-42-70(43-31-62)82-54-59(11)83-71-44-32-63(33-45-71)25-37-67-53-74(78-14-3)65(51-75(67)79-15-4)35-23-61-28-40-69(41-29-61)81-49-47-58(10)21-17-19-56(7)8/h22-45,50-53,55-59H,12-21,46-49,54H2,1-11H3/b34-22+,35-23+,36-24+,37-25+/t57?,58?,59-/m1/s1. The normalized spacial score (nSPS) is 12.9. The number of ether oxygens (including phenoxy) is 8. The fourth-order valence-corrected chi connectivity index (χ4v) is 9.53. The highest BCUT2D eigenvalue weighted by Gasteiger charge is 2.13. The highest BCUT2D eigenvalue weighted by atomic mass is 16.5. The van der Waals surface area contributed by atoms with Gasteiger partial charge in [-0.25, -0.2) is 0 Å². The lowest BCUT2D eigenvalue weighted by atomic mass is 9.98. The monoisotopic (exact) mass is 1120 g/mol. The molecule has 0 saturated carbocycles. The van der Waals surface area contributed by atoms with Gasteiger partial charge in [0.2, 0.25) is 0 Å². The highest BCUT2D eigenvalue weighted by molar-refractivity contribution is 5.80. The minimum atomic E-state index is -0.182. The summed E-state index contributed by atoms with van der Waals surface area (Å²) in [5.41, 5.74) is 8.00. The van der Waals surface area contributed by atoms with Gasteiger partial charge in [-0.2, -0.15) is 0 Å². The van der Waals surface area contributed by atoms with Crippen molar-refractivity contribution in [1.82, 2.24) is 0 Å². The van der Waals surface area contributed by atoms with Crippen molar-refractivity contribution < 1.29 is 37.9 Å². The molecule has 83 heavy (non-hydrogen) atoms. The Labute approximate surface area is 499 Å². The summed E-state index contributed by atoms with van der Waals surface area (Å²) in [4.78, 5) is 0. The quantitative estimate of drug-likeness (QED) is 0.0357. The third-order valence-corrected chi connectivity index (χ3v) is 14.4. The Bertz CT molecular complexity index is 2910. The van der Waals surface area contributed by atoms with E-state index in [1.807, 2.05) is 107 Å². The summed E-state index contributed by atoms with van der Waals surface area (Å²) < 4.78 is 49.3. The maximum Gasteiger partial charge on any atom is 0.130 e. The maximum absolute atomic E-state index is 6.27. The molecule has 0 amide bonds. The molecule has 0 saturated heterocycles. The van der Waals surface area contributed by atoms with Crippen LogP contribution in [0.1, 0.15) is 172 Å². The smallest absolute Gasteiger partial charge is 0.130 e. The zero-order valence-electron chi connectivity index (χ0n) is 51.9. The van der Waals surface area contributed by atoms with Crippen LogP contribution in [0.25, 0.3) is 48.6 Å². The molecule has 0 aliphatic rings. The molecular formula is C75H96O8. The molecule has 3 atom stereocenters. The van der Waals surface area contributed by atoms with Gasteiger partial charge >= 0.3 is 0 Å². The van der Waals surface area contributed by atoms with Crippen LogP contribution in [0.3, 0.4) is 0 Å². The number of hydrogen-bond acceptors (Lipinski definition) is 8. The molecule has 0 heterocycles. The second kappa shape index (κ2) is 35.6. The number of rotatable bonds is 37. The Morgan fingerprint density at radius 3 is 0.892 bits per heavy atom. The molecule has 8 nitrogen and oxygen atoms in total. The van der Waals surface area contributed by atoms with Gasteiger partial charge in [-0.15, -0.1) is 0 Å². The van der Waals surface area contributed by atoms with Gasteiger partial charge in [0.1, 0.15) is 58.7 Å². The van der Waals surface area contributed by atoms with E-state index in [-0.39, 0.29) is 6.10 Å². The van der Waals surface area contributed by atoms with Crippen LogP contribution in [0.4, 0.5) is 0 Å². The summed E-state index contributed by atoms with van der Waals surface area (Å²) in [7, 11) is 0. The van der Waals surface area contributed by atoms with Gasteiger partial charge in [-0.3, -0.25) is 0 Å². The van der Waals surface area contributed by atoms with Crippen molar-refractivity contribution in [1.29, 1.82) is 0 Å². The fourth-order valence-electron chi connectivity index (χ4n) is 9.53. The first-order chi connectivity index (χ1) is 40.3. The average Bonchev–Trinajstić information content (AvgIpc) is 3.56. The van der Waals surface area contributed by atoms with Gasteiger partial charge in [0.25, 0.3) is 0 Å². The lowest BCUT2D eigenvalue weighted by molar-refractivity contribution is 0.143. The molecule has 2 unspecified atom stereocenters. The zero-order valence-corrected chi connectivity index (χ0v) is 51.9. The van der Waals surface area contributed by atoms with Crippen molar-refractivity contribution in [3.63, 3.8) is 0 Å². The molecule has 0 N–H and O–H groups in total. The van der Waals surface area contributed by atoms with E-state index in [4.69, 9.17) is 37.9 Å². The molecular weight excluding hydrogens is 1030 g/mol. The predicted octanol–water partition coefficient (Wildman–Crippen LogP) is 20.3. The van der Waals surface area contributed by atoms with Gasteiger partial charge < -0.3 is 37.9 Å². The van der Waals surface area contributed by atoms with Crippen molar-refractivity contribution in [3.05, 3.63) is 166 Å². The van der Waals surface area contributed by atoms with Crippen LogP contribution in [0.5, 0.6) is 46.0 Å². The minimum absolute atomic E-state index is 0.182. The maximum atomic E-state index is 6.27. The molecule has 8 heteroatoms. The van der Waals surface area contributed by atoms with E-state index in [2.05, 4.69) is 139 Å². The first kappa shape index (κ1) is 64.8. The van der Waals surface area contributed by atoms with E-state index in [9.17, 15) is 0 Å². The Hall–Kier alpha value is -7.32. The van der Waals surface area contributed by atoms with Crippen LogP contribution in [0.2, 0.25) is 0 Å². The average molecular weight is 1130 g/mol. The number of benzene rings is 6. The van der Waals surface area contributed by atoms with Gasteiger partial charge in [0.05, 0.1) is 39.6 Å². The van der Waals surface area contributed by atoms with Crippen LogP contribution in [0.15, 0.2) is 121 Å². The van der Waals surface area contributed by atoms with E-state index >= 15 is 0 Å². The molecule has 0 aliphatic heterocycles. The van der Waals surface area contributed by atoms with Crippen LogP contribution in [-0.4, -0.2) is 52.4 Å². The van der Waals surface area contributed by atoms with E-state index in [0.717, 1.165) is 128 Å². The zero-order chi connectivity index (χ0) is 59.2. The molecule has 0 radical (unpaired) electrons. The summed E-state index contributed by atoms with van der Waals surface area (Å²) in [5, 5.41) is 0. The second-order valence-electron chi connectivity index (χ2n) is 22.6. The minimum Gasteiger partial charge on any atom is -0.494 e. The van der Waals surface area contributed by atoms with E-state index in [1.165, 1.54) is 38.5 Å². The molecule has 0 bridgehead atoms. The summed E-state index contributed by atoms with van der Waals surface area (Å²) in [6.45, 7) is 27.9. The Kier molecular flexibility index (Phi) is 27.8. The van der Waals surface area contributed by atoms with E-state index in [1.54, 1.807) is 0 Å². The molecule has 0 aliphatic carbocycles. The Balaban J connectivity index is 0.985. The molecule has 0 fully saturated rings. The van der Waals surface area contributed by atoms with Crippen LogP contribution in [0, 0.1) is 23.7 Å². The van der Waals surface area contributed by atoms with Crippen molar-refractivity contribution in [2.24, 2.45) is 23.7 Å². The van der Waals surface area contributed by atoms with Gasteiger partial charge in [0, 0.05) is 22.3 Å². The SMILES string of the molecule is CCOc1cc(/C=C/c2ccc(OC[C@@H](C)Oc3ccc(/C=C/c4cc(OCC)c(/C=C/c5ccc(OCCC(C)CCCC(C)C)cc5)cc4OCC)cc3)cc2)c(OCC)cc1/C=C/c1ccc(OCCC(C)CCCC(C)C)cc1. The lowest BCUT2D eigenvalue weighted by Gasteiger charge is -2.16. The highest BCUT2D eigenvalue weighted by Crippen LogP contribution is 2.35. The van der Waals surface area contributed by atoms with E-state index in [0.29, 0.717) is 44.9 Å². The van der Waals surface area contributed by atoms with Crippen molar-refractivity contribution in [2.45, 2.75) is 134 Å². The van der Waals surface area contributed by atoms with E-state index < -0.39 is 0 Å². The molecule has 444 valence electrons. The van der Waals surface area contributed by atoms with Crippen LogP contribution in [-0.2, 0) is 0 Å². The van der Waals surface area contributed by atoms with Crippen LogP contribution < -0.4 is 37.9 Å². The molecule has 6 aromatic carbocycles. The summed E-state index contributed by atoms with van der Waals surface area (Å²) in [6, 6.07) is 40.9. The topological polar surface area (TPSA) is 73.8 Å². The lowest BCUT2D eigenvalue weighted by Crippen LogP contribution is -2.21. The first-order valence-corrected chi connectivity index (χ1v) is 30.9. The largest absolute Gasteiger partial charge is 0.494 e. The molecule has 0 aromatic heterocycles. The number of hydrogen-bond donors (Lipinski definition) is 0. The summed E-state index contributed by atoms with van der Waals surface area (Å²) in [5.74, 6) is 9.39. The third-order valence-electron chi connectivity index (χ3n) is 14.4. The van der Waals surface area contributed by atoms with Crippen molar-refractivity contribution >= 4 is 48.6 Å². The molecule has 6 rings (SSSR count).